The Bertz CT molecular complexity index is 3930. The maximum Gasteiger partial charge on any atom is 0.416 e. The van der Waals surface area contributed by atoms with Crippen LogP contribution in [0, 0.1) is 11.8 Å². The van der Waals surface area contributed by atoms with Crippen molar-refractivity contribution in [2.45, 2.75) is 178 Å². The van der Waals surface area contributed by atoms with E-state index >= 15 is 0 Å². The van der Waals surface area contributed by atoms with Gasteiger partial charge in [-0.25, -0.2) is 19.0 Å². The highest BCUT2D eigenvalue weighted by atomic mass is 19.4. The Morgan fingerprint density at radius 3 is 1.16 bits per heavy atom. The van der Waals surface area contributed by atoms with Crippen LogP contribution in [-0.2, 0) is 99.2 Å². The first kappa shape index (κ1) is 81.0. The van der Waals surface area contributed by atoms with Crippen LogP contribution in [0.3, 0.4) is 0 Å². The molecule has 0 aliphatic carbocycles. The molecule has 580 valence electrons. The van der Waals surface area contributed by atoms with Crippen molar-refractivity contribution in [1.29, 1.82) is 0 Å². The number of nitrogens with zero attached hydrogens (tertiary/aromatic N) is 8. The zero-order chi connectivity index (χ0) is 78.6. The molecule has 12 rings (SSSR count). The molecule has 0 unspecified atom stereocenters. The van der Waals surface area contributed by atoms with Crippen LogP contribution in [0.4, 0.5) is 26.3 Å². The van der Waals surface area contributed by atoms with Gasteiger partial charge >= 0.3 is 24.3 Å². The largest absolute Gasteiger partial charge is 0.487 e. The minimum atomic E-state index is -4.74. The second kappa shape index (κ2) is 35.1. The predicted molar refractivity (Wildman–Crippen MR) is 371 cm³/mol. The first-order valence-corrected chi connectivity index (χ1v) is 34.9. The van der Waals surface area contributed by atoms with Gasteiger partial charge in [-0.1, -0.05) is 86.7 Å². The maximum atomic E-state index is 15.0. The molecule has 0 saturated carbocycles. The molecule has 4 aromatic carbocycles. The van der Waals surface area contributed by atoms with Gasteiger partial charge in [0.05, 0.1) is 47.7 Å². The SMILES string of the molecule is CN[C@@H](C)C(=O)N[C@H](C(=O)N1C[C@@H]2C[C@H]1C(=O)N[C@@H](Cc1ccc(C(F)(F)F)cc1)C(=O)N[C@H](C(=O)O)Cc1ccc(cc1)OCc1cn(nn1)[C@H]1C[C@@H](C(=O)N[C@@H](Cc3ccc(C(F)(F)F)cc3)C(=O)N[C@H](C(=O)O)Cc3ccc(cc3)OCc3cn2nn3)N(C(=O)[C@@H](NC(=O)[C@H](C)NC)C(C)C)C1)C(C)C. The molecule has 8 amide bonds. The number of hydrogen-bond donors (Lipinski definition) is 10. The lowest BCUT2D eigenvalue weighted by atomic mass is 10.0. The van der Waals surface area contributed by atoms with Gasteiger partial charge in [0.2, 0.25) is 47.3 Å². The van der Waals surface area contributed by atoms with E-state index in [1.54, 1.807) is 55.6 Å². The van der Waals surface area contributed by atoms with Crippen molar-refractivity contribution in [3.05, 3.63) is 154 Å². The number of aliphatic carboxylic acids is 2. The highest BCUT2D eigenvalue weighted by molar-refractivity contribution is 5.98. The van der Waals surface area contributed by atoms with Crippen molar-refractivity contribution in [2.75, 3.05) is 27.2 Å². The number of rotatable bonds is 16. The number of hydrogen-bond acceptors (Lipinski definition) is 18. The average molecular weight is 1510 g/mol. The number of nitrogens with one attached hydrogen (secondary N) is 8. The van der Waals surface area contributed by atoms with Crippen LogP contribution in [0.2, 0.25) is 0 Å². The molecule has 2 fully saturated rings. The number of aromatic nitrogens is 6. The van der Waals surface area contributed by atoms with Gasteiger partial charge in [-0.2, -0.15) is 26.3 Å². The zero-order valence-corrected chi connectivity index (χ0v) is 60.2. The molecule has 0 radical (unpaired) electrons. The van der Waals surface area contributed by atoms with Crippen molar-refractivity contribution in [3.8, 4) is 11.5 Å². The van der Waals surface area contributed by atoms with Gasteiger partial charge in [0, 0.05) is 51.6 Å². The molecule has 12 bridgehead atoms. The van der Waals surface area contributed by atoms with Crippen LogP contribution in [0.5, 0.6) is 11.5 Å². The number of ether oxygens (including phenoxy) is 2. The Morgan fingerprint density at radius 1 is 0.509 bits per heavy atom. The number of likely N-dealkylation sites (tertiary alicyclic amines) is 2. The fourth-order valence-corrected chi connectivity index (χ4v) is 12.6. The van der Waals surface area contributed by atoms with Crippen LogP contribution >= 0.6 is 0 Å². The second-order valence-electron chi connectivity index (χ2n) is 27.6. The number of alkyl halides is 6. The van der Waals surface area contributed by atoms with Crippen molar-refractivity contribution >= 4 is 59.2 Å². The van der Waals surface area contributed by atoms with E-state index in [9.17, 15) is 84.5 Å². The topological polar surface area (TPSA) is 394 Å². The Hall–Kier alpha value is -11.0. The summed E-state index contributed by atoms with van der Waals surface area (Å²) in [7, 11) is 3.08. The monoisotopic (exact) mass is 1510 g/mol. The predicted octanol–water partition coefficient (Wildman–Crippen LogP) is 3.24. The molecule has 30 nitrogen and oxygen atoms in total. The smallest absolute Gasteiger partial charge is 0.416 e. The first-order valence-electron chi connectivity index (χ1n) is 34.9. The highest BCUT2D eigenvalue weighted by Crippen LogP contribution is 2.34. The summed E-state index contributed by atoms with van der Waals surface area (Å²) in [4.78, 5) is 144. The van der Waals surface area contributed by atoms with Crippen LogP contribution < -0.4 is 52.0 Å². The Morgan fingerprint density at radius 2 is 0.852 bits per heavy atom. The Balaban J connectivity index is 1.05. The number of likely N-dealkylation sites (N-methyl/N-ethyl adjacent to an activating group) is 2. The van der Waals surface area contributed by atoms with Gasteiger partial charge < -0.3 is 72.0 Å². The minimum absolute atomic E-state index is 0.126. The summed E-state index contributed by atoms with van der Waals surface area (Å²) < 4.78 is 97.6. The van der Waals surface area contributed by atoms with Crippen molar-refractivity contribution in [2.24, 2.45) is 11.8 Å². The third-order valence-electron chi connectivity index (χ3n) is 19.1. The first-order chi connectivity index (χ1) is 51.1. The molecule has 10 N–H and O–H groups in total. The van der Waals surface area contributed by atoms with Crippen molar-refractivity contribution in [1.82, 2.24) is 82.3 Å². The van der Waals surface area contributed by atoms with Gasteiger partial charge in [0.25, 0.3) is 0 Å². The lowest BCUT2D eigenvalue weighted by Crippen LogP contribution is -2.59. The third kappa shape index (κ3) is 20.8. The Kier molecular flexibility index (Phi) is 26.4. The highest BCUT2D eigenvalue weighted by Gasteiger charge is 2.48. The molecule has 108 heavy (non-hydrogen) atoms. The molecule has 2 saturated heterocycles. The minimum Gasteiger partial charge on any atom is -0.487 e. The number of carbonyl (C=O) groups excluding carboxylic acids is 8. The summed E-state index contributed by atoms with van der Waals surface area (Å²) in [6.45, 7) is 8.91. The fourth-order valence-electron chi connectivity index (χ4n) is 12.6. The summed E-state index contributed by atoms with van der Waals surface area (Å²) in [5.74, 6) is -10.1. The lowest BCUT2D eigenvalue weighted by molar-refractivity contribution is -0.144. The van der Waals surface area contributed by atoms with E-state index in [1.807, 2.05) is 0 Å². The van der Waals surface area contributed by atoms with E-state index in [0.717, 1.165) is 48.5 Å². The number of amides is 8. The van der Waals surface area contributed by atoms with Gasteiger partial charge in [-0.05, 0) is 111 Å². The summed E-state index contributed by atoms with van der Waals surface area (Å²) in [6, 6.07) is 4.33. The van der Waals surface area contributed by atoms with E-state index < -0.39 is 180 Å². The van der Waals surface area contributed by atoms with Gasteiger partial charge in [0.1, 0.15) is 84.4 Å². The summed E-state index contributed by atoms with van der Waals surface area (Å²) >= 11 is 0. The van der Waals surface area contributed by atoms with E-state index in [-0.39, 0.29) is 86.0 Å². The maximum absolute atomic E-state index is 15.0. The zero-order valence-electron chi connectivity index (χ0n) is 60.2. The van der Waals surface area contributed by atoms with E-state index in [2.05, 4.69) is 63.2 Å². The fraction of sp³-hybridized carbons (Fsp3) is 0.472. The summed E-state index contributed by atoms with van der Waals surface area (Å²) in [5, 5.41) is 59.7. The number of carboxylic acid groups (broad SMARTS) is 2. The van der Waals surface area contributed by atoms with Crippen molar-refractivity contribution in [3.63, 3.8) is 0 Å². The van der Waals surface area contributed by atoms with E-state index in [4.69, 9.17) is 9.47 Å². The Labute approximate surface area is 616 Å². The third-order valence-corrected chi connectivity index (χ3v) is 19.1. The lowest BCUT2D eigenvalue weighted by Gasteiger charge is -2.32. The van der Waals surface area contributed by atoms with Gasteiger partial charge in [-0.3, -0.25) is 38.4 Å². The molecule has 0 spiro atoms. The van der Waals surface area contributed by atoms with Crippen LogP contribution in [0.15, 0.2) is 109 Å². The van der Waals surface area contributed by atoms with E-state index in [1.165, 1.54) is 80.1 Å². The van der Waals surface area contributed by atoms with Crippen LogP contribution in [-0.4, -0.2) is 197 Å². The molecule has 6 aliphatic heterocycles. The number of halogens is 6. The van der Waals surface area contributed by atoms with Crippen LogP contribution in [0.25, 0.3) is 0 Å². The molecular formula is C72H86F6N16O14. The molecule has 2 aromatic heterocycles. The van der Waals surface area contributed by atoms with E-state index in [0.29, 0.717) is 11.1 Å². The molecule has 36 heteroatoms. The molecule has 6 aliphatic rings. The quantitative estimate of drug-likeness (QED) is 0.0622. The van der Waals surface area contributed by atoms with Crippen molar-refractivity contribution < 1.29 is 94.0 Å². The number of carboxylic acids is 2. The standard InChI is InChI=1S/C72H86F6N16O14/c1-37(2)59(85-61(95)39(5)79-7)67(101)91-33-49-29-57(91)65(99)81-53(25-41-9-17-45(18-10-41)71(73,74)75)63(97)83-55(69(103)104)27-43-15-23-52(24-16-43)108-36-48-32-94(90-88-48)50-30-58(92(34-50)68(102)60(38(3)4)86-62(96)40(6)80-8)66(100)82-54(26-42-11-19-46(20-12-42)72(76,77)78)64(98)84-56(70(105)106)28-44-13-21-51(22-14-44)107-35-47-31-93(49)89-87-47/h9-24,31-32,37-40,49-50,53-60,79-80H,25-30,33-36H2,1-8H3,(H,81,99)(H,82,100)(H,83,97)(H,84,98)(H,85,95)(H,86,96)(H,103,104)(H,105,106)/t39-,40-,49-,50-,53-,54-,55-,56-,57-,58-,59-,60-/m0/s1. The number of carbonyl (C=O) groups is 10. The van der Waals surface area contributed by atoms with Gasteiger partial charge in [-0.15, -0.1) is 10.2 Å². The normalized spacial score (nSPS) is 21.9. The molecule has 8 heterocycles. The molecule has 6 aromatic rings. The van der Waals surface area contributed by atoms with Gasteiger partial charge in [0.15, 0.2) is 0 Å². The number of benzene rings is 4. The average Bonchev–Trinajstić information content (AvgIpc) is 1.64. The summed E-state index contributed by atoms with van der Waals surface area (Å²) in [6.07, 6.45) is -8.53. The van der Waals surface area contributed by atoms with Crippen LogP contribution in [0.1, 0.15) is 111 Å². The summed E-state index contributed by atoms with van der Waals surface area (Å²) in [5.41, 5.74) is -0.598. The second-order valence-corrected chi connectivity index (χ2v) is 27.6. The molecular weight excluding hydrogens is 1430 g/mol. The molecule has 12 atom stereocenters.